The van der Waals surface area contributed by atoms with Crippen molar-refractivity contribution in [3.63, 3.8) is 0 Å². The molecule has 0 aliphatic carbocycles. The van der Waals surface area contributed by atoms with Crippen LogP contribution in [0.3, 0.4) is 0 Å². The summed E-state index contributed by atoms with van der Waals surface area (Å²) in [6, 6.07) is 0. The van der Waals surface area contributed by atoms with Gasteiger partial charge >= 0.3 is 86.6 Å². The standard InChI is InChI=1S/Ba.Ca.ClH.H2O.4H/h;;1H;1H2;;;;. The minimum absolute atomic E-state index is 0. The number of hydrogen-bond acceptors (Lipinski definition) is 0. The first-order chi connectivity index (χ1) is 0. The van der Waals surface area contributed by atoms with Gasteiger partial charge in [0.2, 0.25) is 0 Å². The summed E-state index contributed by atoms with van der Waals surface area (Å²) in [5.41, 5.74) is 0. The van der Waals surface area contributed by atoms with Gasteiger partial charge in [-0.05, 0) is 0 Å². The van der Waals surface area contributed by atoms with Crippen molar-refractivity contribution >= 4 is 99.0 Å². The monoisotopic (exact) mass is 236 g/mol. The molecule has 24 valence electrons. The van der Waals surface area contributed by atoms with E-state index in [2.05, 4.69) is 0 Å². The van der Waals surface area contributed by atoms with Crippen LogP contribution in [0, 0.1) is 0 Å². The van der Waals surface area contributed by atoms with E-state index in [4.69, 9.17) is 0 Å². The minimum atomic E-state index is 0. The Morgan fingerprint density at radius 3 is 1.00 bits per heavy atom. The van der Waals surface area contributed by atoms with Crippen LogP contribution < -0.4 is 0 Å². The maximum atomic E-state index is 0. The zero-order valence-electron chi connectivity index (χ0n) is 0.908. The summed E-state index contributed by atoms with van der Waals surface area (Å²) in [5, 5.41) is 0. The molecule has 0 aromatic heterocycles. The first-order valence-corrected chi connectivity index (χ1v) is 0. The van der Waals surface area contributed by atoms with E-state index in [0.717, 1.165) is 0 Å². The van der Waals surface area contributed by atoms with Crippen molar-refractivity contribution in [2.24, 2.45) is 0 Å². The van der Waals surface area contributed by atoms with Crippen molar-refractivity contribution < 1.29 is 5.48 Å². The van der Waals surface area contributed by atoms with Crippen LogP contribution in [0.25, 0.3) is 0 Å². The van der Waals surface area contributed by atoms with Gasteiger partial charge in [0.15, 0.2) is 0 Å². The van der Waals surface area contributed by atoms with E-state index in [-0.39, 0.29) is 105 Å². The molecule has 0 amide bonds. The molecule has 0 spiro atoms. The summed E-state index contributed by atoms with van der Waals surface area (Å²) in [7, 11) is 0. The fourth-order valence-corrected chi connectivity index (χ4v) is 0. The zero-order valence-corrected chi connectivity index (χ0v) is 1.72. The average Bonchev–Trinajstić information content (AvgIpc) is 0. The molecule has 0 bridgehead atoms. The molecule has 4 heteroatoms. The summed E-state index contributed by atoms with van der Waals surface area (Å²) >= 11 is 0. The molecule has 0 aliphatic rings. The summed E-state index contributed by atoms with van der Waals surface area (Å²) in [6.07, 6.45) is 0. The number of halogens is 1. The molecule has 0 radical (unpaired) electrons. The Balaban J connectivity index is 0. The van der Waals surface area contributed by atoms with Crippen molar-refractivity contribution in [2.75, 3.05) is 0 Å². The quantitative estimate of drug-likeness (QED) is 0.426. The van der Waals surface area contributed by atoms with Crippen LogP contribution in [0.15, 0.2) is 0 Å². The molecule has 0 aliphatic heterocycles. The van der Waals surface area contributed by atoms with Crippen LogP contribution in [0.2, 0.25) is 0 Å². The third-order valence-electron chi connectivity index (χ3n) is 0. The van der Waals surface area contributed by atoms with Gasteiger partial charge in [0.1, 0.15) is 0 Å². The maximum absolute atomic E-state index is 0. The van der Waals surface area contributed by atoms with Gasteiger partial charge in [-0.2, -0.15) is 0 Å². The van der Waals surface area contributed by atoms with Gasteiger partial charge < -0.3 is 5.48 Å². The van der Waals surface area contributed by atoms with E-state index < -0.39 is 0 Å². The normalized spacial score (nSPS) is 0. The third-order valence-corrected chi connectivity index (χ3v) is 0. The Labute approximate surface area is 102 Å². The molecule has 0 rings (SSSR count). The van der Waals surface area contributed by atoms with Crippen LogP contribution in [-0.2, 0) is 0 Å². The van der Waals surface area contributed by atoms with Crippen LogP contribution in [0.1, 0.15) is 0 Å². The molecule has 2 N–H and O–H groups in total. The predicted octanol–water partition coefficient (Wildman–Crippen LogP) is -2.24. The zero-order chi connectivity index (χ0) is 0. The van der Waals surface area contributed by atoms with Crippen LogP contribution in [0.4, 0.5) is 0 Å². The molecule has 0 atom stereocenters. The first-order valence-electron chi connectivity index (χ1n) is 0. The summed E-state index contributed by atoms with van der Waals surface area (Å²) in [5.74, 6) is 0. The molecule has 0 unspecified atom stereocenters. The molecular weight excluding hydrogens is 229 g/mol. The van der Waals surface area contributed by atoms with Gasteiger partial charge in [0, 0.05) is 0 Å². The fourth-order valence-electron chi connectivity index (χ4n) is 0. The van der Waals surface area contributed by atoms with Crippen LogP contribution >= 0.6 is 12.4 Å². The number of rotatable bonds is 0. The van der Waals surface area contributed by atoms with Crippen molar-refractivity contribution in [2.45, 2.75) is 0 Å². The van der Waals surface area contributed by atoms with E-state index in [1.54, 1.807) is 0 Å². The Hall–Kier alpha value is 3.08. The first kappa shape index (κ1) is 27.6. The Morgan fingerprint density at radius 1 is 1.00 bits per heavy atom. The molecule has 0 heterocycles. The van der Waals surface area contributed by atoms with Gasteiger partial charge in [-0.15, -0.1) is 12.4 Å². The van der Waals surface area contributed by atoms with E-state index in [1.165, 1.54) is 0 Å². The van der Waals surface area contributed by atoms with E-state index >= 15 is 0 Å². The van der Waals surface area contributed by atoms with Crippen molar-refractivity contribution in [1.29, 1.82) is 0 Å². The molecule has 0 aromatic carbocycles. The molecule has 0 saturated carbocycles. The molecule has 0 aromatic rings. The van der Waals surface area contributed by atoms with Gasteiger partial charge in [0.05, 0.1) is 0 Å². The second-order valence-corrected chi connectivity index (χ2v) is 0. The molecule has 0 saturated heterocycles. The Bertz CT molecular complexity index is 8.00. The van der Waals surface area contributed by atoms with Gasteiger partial charge in [-0.1, -0.05) is 0 Å². The summed E-state index contributed by atoms with van der Waals surface area (Å²) in [4.78, 5) is 0. The molecular formula is H7BaCaClO. The summed E-state index contributed by atoms with van der Waals surface area (Å²) in [6.45, 7) is 0. The van der Waals surface area contributed by atoms with E-state index in [1.807, 2.05) is 0 Å². The SMILES string of the molecule is Cl.O.[BaH2].[CaH2]. The second-order valence-electron chi connectivity index (χ2n) is 0. The number of hydrogen-bond donors (Lipinski definition) is 0. The summed E-state index contributed by atoms with van der Waals surface area (Å²) < 4.78 is 0. The van der Waals surface area contributed by atoms with Gasteiger partial charge in [-0.25, -0.2) is 0 Å². The van der Waals surface area contributed by atoms with Crippen molar-refractivity contribution in [3.8, 4) is 0 Å². The molecule has 0 fully saturated rings. The van der Waals surface area contributed by atoms with Crippen LogP contribution in [-0.4, -0.2) is 92.1 Å². The van der Waals surface area contributed by atoms with Crippen molar-refractivity contribution in [3.05, 3.63) is 0 Å². The Morgan fingerprint density at radius 2 is 1.00 bits per heavy atom. The van der Waals surface area contributed by atoms with Gasteiger partial charge in [-0.3, -0.25) is 0 Å². The van der Waals surface area contributed by atoms with E-state index in [9.17, 15) is 0 Å². The van der Waals surface area contributed by atoms with E-state index in [0.29, 0.717) is 0 Å². The molecule has 1 nitrogen and oxygen atoms in total. The third kappa shape index (κ3) is 8.91. The Kier molecular flexibility index (Phi) is 114. The second kappa shape index (κ2) is 16.5. The average molecular weight is 236 g/mol. The van der Waals surface area contributed by atoms with Crippen molar-refractivity contribution in [1.82, 2.24) is 0 Å². The predicted molar refractivity (Wildman–Crippen MR) is 27.9 cm³/mol. The van der Waals surface area contributed by atoms with Gasteiger partial charge in [0.25, 0.3) is 0 Å². The fraction of sp³-hybridized carbons (Fsp3) is 0. The topological polar surface area (TPSA) is 31.5 Å². The van der Waals surface area contributed by atoms with Crippen LogP contribution in [0.5, 0.6) is 0 Å². The molecule has 4 heavy (non-hydrogen) atoms.